The van der Waals surface area contributed by atoms with Crippen LogP contribution in [0.3, 0.4) is 0 Å². The minimum absolute atomic E-state index is 0.124. The van der Waals surface area contributed by atoms with E-state index < -0.39 is 6.36 Å². The maximum atomic E-state index is 11.9. The van der Waals surface area contributed by atoms with Gasteiger partial charge in [0.2, 0.25) is 0 Å². The quantitative estimate of drug-likeness (QED) is 0.579. The zero-order chi connectivity index (χ0) is 12.0. The molecule has 0 heterocycles. The van der Waals surface area contributed by atoms with Gasteiger partial charge in [0.25, 0.3) is 6.47 Å². The summed E-state index contributed by atoms with van der Waals surface area (Å²) < 4.78 is 43.8. The van der Waals surface area contributed by atoms with E-state index >= 15 is 0 Å². The monoisotopic (exact) mass is 234 g/mol. The van der Waals surface area contributed by atoms with E-state index in [-0.39, 0.29) is 18.8 Å². The van der Waals surface area contributed by atoms with E-state index in [1.165, 1.54) is 18.2 Å². The summed E-state index contributed by atoms with van der Waals surface area (Å²) >= 11 is 0. The van der Waals surface area contributed by atoms with Crippen LogP contribution in [0.5, 0.6) is 5.75 Å². The molecule has 0 radical (unpaired) electrons. The molecule has 0 fully saturated rings. The molecule has 0 spiro atoms. The van der Waals surface area contributed by atoms with E-state index in [1.807, 2.05) is 0 Å². The highest BCUT2D eigenvalue weighted by atomic mass is 19.4. The first-order chi connectivity index (χ1) is 7.51. The summed E-state index contributed by atoms with van der Waals surface area (Å²) in [6.45, 7) is 0.412. The predicted octanol–water partition coefficient (Wildman–Crippen LogP) is 2.30. The second kappa shape index (κ2) is 5.39. The highest BCUT2D eigenvalue weighted by Crippen LogP contribution is 2.23. The zero-order valence-corrected chi connectivity index (χ0v) is 8.16. The van der Waals surface area contributed by atoms with Gasteiger partial charge in [-0.3, -0.25) is 4.79 Å². The van der Waals surface area contributed by atoms with Crippen LogP contribution in [0, 0.1) is 0 Å². The van der Waals surface area contributed by atoms with E-state index in [4.69, 9.17) is 0 Å². The molecule has 0 aliphatic rings. The molecule has 0 unspecified atom stereocenters. The average Bonchev–Trinajstić information content (AvgIpc) is 2.16. The van der Waals surface area contributed by atoms with Crippen LogP contribution in [-0.4, -0.2) is 19.4 Å². The topological polar surface area (TPSA) is 35.5 Å². The lowest BCUT2D eigenvalue weighted by Crippen LogP contribution is -2.17. The Morgan fingerprint density at radius 2 is 2.06 bits per heavy atom. The third kappa shape index (κ3) is 4.68. The fourth-order valence-corrected chi connectivity index (χ4v) is 1.12. The Morgan fingerprint density at radius 3 is 2.69 bits per heavy atom. The minimum Gasteiger partial charge on any atom is -0.468 e. The number of halogens is 3. The summed E-state index contributed by atoms with van der Waals surface area (Å²) in [6, 6.07) is 5.52. The van der Waals surface area contributed by atoms with Crippen molar-refractivity contribution in [2.75, 3.05) is 6.61 Å². The molecule has 0 bridgehead atoms. The first-order valence-corrected chi connectivity index (χ1v) is 4.41. The van der Waals surface area contributed by atoms with Gasteiger partial charge in [-0.15, -0.1) is 13.2 Å². The molecule has 1 rings (SSSR count). The lowest BCUT2D eigenvalue weighted by atomic mass is 10.1. The van der Waals surface area contributed by atoms with Gasteiger partial charge in [0, 0.05) is 6.42 Å². The van der Waals surface area contributed by atoms with Crippen LogP contribution in [0.2, 0.25) is 0 Å². The predicted molar refractivity (Wildman–Crippen MR) is 48.8 cm³/mol. The van der Waals surface area contributed by atoms with Crippen LogP contribution in [0.1, 0.15) is 5.56 Å². The van der Waals surface area contributed by atoms with Gasteiger partial charge in [-0.1, -0.05) is 12.1 Å². The Morgan fingerprint density at radius 1 is 1.31 bits per heavy atom. The summed E-state index contributed by atoms with van der Waals surface area (Å²) in [5.41, 5.74) is 0.601. The van der Waals surface area contributed by atoms with Crippen LogP contribution in [-0.2, 0) is 16.0 Å². The van der Waals surface area contributed by atoms with E-state index in [2.05, 4.69) is 9.47 Å². The van der Waals surface area contributed by atoms with E-state index in [0.29, 0.717) is 12.0 Å². The van der Waals surface area contributed by atoms with Crippen LogP contribution in [0.4, 0.5) is 13.2 Å². The van der Waals surface area contributed by atoms with Gasteiger partial charge >= 0.3 is 6.36 Å². The summed E-state index contributed by atoms with van der Waals surface area (Å²) in [5.74, 6) is -0.281. The van der Waals surface area contributed by atoms with Gasteiger partial charge in [-0.05, 0) is 17.7 Å². The minimum atomic E-state index is -4.70. The Bertz CT molecular complexity index is 349. The molecule has 6 heteroatoms. The van der Waals surface area contributed by atoms with Crippen molar-refractivity contribution in [1.82, 2.24) is 0 Å². The molecule has 0 saturated carbocycles. The molecular weight excluding hydrogens is 225 g/mol. The normalized spacial score (nSPS) is 10.9. The second-order valence-electron chi connectivity index (χ2n) is 2.91. The molecule has 0 N–H and O–H groups in total. The molecule has 0 saturated heterocycles. The Balaban J connectivity index is 2.60. The second-order valence-corrected chi connectivity index (χ2v) is 2.91. The fraction of sp³-hybridized carbons (Fsp3) is 0.300. The van der Waals surface area contributed by atoms with Crippen molar-refractivity contribution in [3.63, 3.8) is 0 Å². The summed E-state index contributed by atoms with van der Waals surface area (Å²) in [4.78, 5) is 9.85. The standard InChI is InChI=1S/C10H9F3O3/c11-10(12,13)16-9-3-1-2-8(6-9)4-5-15-7-14/h1-3,6-7H,4-5H2. The van der Waals surface area contributed by atoms with Crippen LogP contribution >= 0.6 is 0 Å². The Hall–Kier alpha value is -1.72. The molecule has 0 aliphatic heterocycles. The summed E-state index contributed by atoms with van der Waals surface area (Å²) in [6.07, 6.45) is -4.36. The molecule has 0 aromatic heterocycles. The van der Waals surface area contributed by atoms with Gasteiger partial charge in [0.1, 0.15) is 5.75 Å². The van der Waals surface area contributed by atoms with Crippen molar-refractivity contribution in [3.05, 3.63) is 29.8 Å². The zero-order valence-electron chi connectivity index (χ0n) is 8.16. The van der Waals surface area contributed by atoms with Gasteiger partial charge in [0.15, 0.2) is 0 Å². The molecule has 0 atom stereocenters. The fourth-order valence-electron chi connectivity index (χ4n) is 1.12. The Kier molecular flexibility index (Phi) is 4.16. The average molecular weight is 234 g/mol. The van der Waals surface area contributed by atoms with Crippen molar-refractivity contribution in [2.45, 2.75) is 12.8 Å². The third-order valence-corrected chi connectivity index (χ3v) is 1.71. The molecule has 16 heavy (non-hydrogen) atoms. The number of ether oxygens (including phenoxy) is 2. The number of rotatable bonds is 5. The molecule has 1 aromatic rings. The van der Waals surface area contributed by atoms with E-state index in [0.717, 1.165) is 0 Å². The molecule has 1 aromatic carbocycles. The van der Waals surface area contributed by atoms with Gasteiger partial charge in [0.05, 0.1) is 6.61 Å². The van der Waals surface area contributed by atoms with Crippen LogP contribution in [0.25, 0.3) is 0 Å². The first kappa shape index (κ1) is 12.4. The lowest BCUT2D eigenvalue weighted by Gasteiger charge is -2.09. The largest absolute Gasteiger partial charge is 0.573 e. The molecule has 0 amide bonds. The van der Waals surface area contributed by atoms with E-state index in [9.17, 15) is 18.0 Å². The molecule has 3 nitrogen and oxygen atoms in total. The van der Waals surface area contributed by atoms with Gasteiger partial charge < -0.3 is 9.47 Å². The first-order valence-electron chi connectivity index (χ1n) is 4.41. The number of alkyl halides is 3. The SMILES string of the molecule is O=COCCc1cccc(OC(F)(F)F)c1. The number of carbonyl (C=O) groups is 1. The van der Waals surface area contributed by atoms with Crippen molar-refractivity contribution in [2.24, 2.45) is 0 Å². The number of benzene rings is 1. The van der Waals surface area contributed by atoms with Crippen molar-refractivity contribution in [3.8, 4) is 5.75 Å². The van der Waals surface area contributed by atoms with Crippen LogP contribution in [0.15, 0.2) is 24.3 Å². The van der Waals surface area contributed by atoms with Crippen molar-refractivity contribution < 1.29 is 27.4 Å². The van der Waals surface area contributed by atoms with Gasteiger partial charge in [-0.2, -0.15) is 0 Å². The van der Waals surface area contributed by atoms with E-state index in [1.54, 1.807) is 6.07 Å². The molecule has 0 aliphatic carbocycles. The molecular formula is C10H9F3O3. The maximum absolute atomic E-state index is 11.9. The van der Waals surface area contributed by atoms with Gasteiger partial charge in [-0.25, -0.2) is 0 Å². The lowest BCUT2D eigenvalue weighted by molar-refractivity contribution is -0.274. The van der Waals surface area contributed by atoms with Crippen LogP contribution < -0.4 is 4.74 Å². The number of carbonyl (C=O) groups excluding carboxylic acids is 1. The highest BCUT2D eigenvalue weighted by molar-refractivity contribution is 5.37. The number of hydrogen-bond acceptors (Lipinski definition) is 3. The smallest absolute Gasteiger partial charge is 0.468 e. The third-order valence-electron chi connectivity index (χ3n) is 1.71. The Labute approximate surface area is 89.8 Å². The summed E-state index contributed by atoms with van der Waals surface area (Å²) in [5, 5.41) is 0. The summed E-state index contributed by atoms with van der Waals surface area (Å²) in [7, 11) is 0. The highest BCUT2D eigenvalue weighted by Gasteiger charge is 2.31. The van der Waals surface area contributed by atoms with Crippen molar-refractivity contribution in [1.29, 1.82) is 0 Å². The number of hydrogen-bond donors (Lipinski definition) is 0. The maximum Gasteiger partial charge on any atom is 0.573 e. The molecule has 88 valence electrons. The van der Waals surface area contributed by atoms with Crippen molar-refractivity contribution >= 4 is 6.47 Å².